The van der Waals surface area contributed by atoms with Gasteiger partial charge in [0.2, 0.25) is 0 Å². The van der Waals surface area contributed by atoms with Crippen molar-refractivity contribution in [1.29, 1.82) is 0 Å². The summed E-state index contributed by atoms with van der Waals surface area (Å²) < 4.78 is 31.8. The fraction of sp³-hybridized carbons (Fsp3) is 0.222. The number of alkyl halides is 2. The number of aryl methyl sites for hydroxylation is 1. The van der Waals surface area contributed by atoms with Gasteiger partial charge in [0.15, 0.2) is 5.76 Å². The lowest BCUT2D eigenvalue weighted by molar-refractivity contribution is -0.121. The molecular formula is C36H33F2NO3. The maximum Gasteiger partial charge on any atom is 0.295 e. The number of rotatable bonds is 9. The summed E-state index contributed by atoms with van der Waals surface area (Å²) in [5, 5.41) is 1.79. The van der Waals surface area contributed by atoms with Crippen LogP contribution in [0.1, 0.15) is 65.8 Å². The summed E-state index contributed by atoms with van der Waals surface area (Å²) in [7, 11) is 0. The van der Waals surface area contributed by atoms with Crippen molar-refractivity contribution < 1.29 is 22.8 Å². The molecule has 0 aliphatic heterocycles. The molecule has 0 aliphatic carbocycles. The van der Waals surface area contributed by atoms with E-state index in [1.807, 2.05) is 106 Å². The number of ketones is 1. The van der Waals surface area contributed by atoms with Crippen molar-refractivity contribution in [3.8, 4) is 11.1 Å². The molecule has 4 nitrogen and oxygen atoms in total. The molecule has 6 heteroatoms. The van der Waals surface area contributed by atoms with E-state index in [1.54, 1.807) is 11.8 Å². The maximum absolute atomic E-state index is 14.1. The van der Waals surface area contributed by atoms with E-state index in [-0.39, 0.29) is 30.5 Å². The predicted octanol–water partition coefficient (Wildman–Crippen LogP) is 9.06. The first-order chi connectivity index (χ1) is 20.0. The number of hydrogen-bond acceptors (Lipinski definition) is 3. The molecular weight excluding hydrogens is 532 g/mol. The molecule has 0 saturated heterocycles. The lowest BCUT2D eigenvalue weighted by Gasteiger charge is -2.24. The Morgan fingerprint density at radius 1 is 0.833 bits per heavy atom. The molecule has 4 aromatic carbocycles. The Morgan fingerprint density at radius 3 is 2.26 bits per heavy atom. The van der Waals surface area contributed by atoms with Crippen LogP contribution in [0.4, 0.5) is 8.78 Å². The van der Waals surface area contributed by atoms with Crippen LogP contribution >= 0.6 is 0 Å². The van der Waals surface area contributed by atoms with Crippen molar-refractivity contribution in [2.45, 2.75) is 52.6 Å². The maximum atomic E-state index is 14.1. The third-order valence-corrected chi connectivity index (χ3v) is 8.01. The van der Waals surface area contributed by atoms with Crippen LogP contribution in [0.2, 0.25) is 0 Å². The first-order valence-electron chi connectivity index (χ1n) is 13.9. The van der Waals surface area contributed by atoms with E-state index in [9.17, 15) is 18.4 Å². The molecule has 0 aliphatic rings. The average Bonchev–Trinajstić information content (AvgIpc) is 3.46. The Morgan fingerprint density at radius 2 is 1.57 bits per heavy atom. The van der Waals surface area contributed by atoms with Crippen molar-refractivity contribution in [1.82, 2.24) is 4.90 Å². The normalized spacial score (nSPS) is 11.7. The minimum atomic E-state index is -2.73. The van der Waals surface area contributed by atoms with Crippen LogP contribution < -0.4 is 0 Å². The zero-order valence-electron chi connectivity index (χ0n) is 24.2. The summed E-state index contributed by atoms with van der Waals surface area (Å²) in [6.45, 7) is 7.64. The zero-order chi connectivity index (χ0) is 30.0. The number of Topliss-reactive ketones (excluding diaryl/α,β-unsaturated/α-hetero) is 1. The standard InChI is InChI=1S/C36H33F2NO3/c1-23-12-15-27-8-5-6-11-31(27)33(23)35(41)39(22-30-18-19-32(42-30)34(37)38)21-25-13-16-26(17-14-25)28-9-7-10-29(20-28)36(3,4)24(2)40/h5-20,34H,21-22H2,1-4H3. The predicted molar refractivity (Wildman–Crippen MR) is 162 cm³/mol. The van der Waals surface area contributed by atoms with Gasteiger partial charge >= 0.3 is 0 Å². The quantitative estimate of drug-likeness (QED) is 0.179. The number of nitrogens with zero attached hydrogens (tertiary/aromatic N) is 1. The van der Waals surface area contributed by atoms with E-state index in [2.05, 4.69) is 0 Å². The molecule has 0 radical (unpaired) electrons. The number of furan rings is 1. The summed E-state index contributed by atoms with van der Waals surface area (Å²) in [6, 6.07) is 30.2. The van der Waals surface area contributed by atoms with Crippen LogP contribution in [-0.2, 0) is 23.3 Å². The van der Waals surface area contributed by atoms with Crippen molar-refractivity contribution in [3.63, 3.8) is 0 Å². The van der Waals surface area contributed by atoms with Crippen LogP contribution in [0.5, 0.6) is 0 Å². The number of halogens is 2. The van der Waals surface area contributed by atoms with Gasteiger partial charge in [-0.15, -0.1) is 0 Å². The minimum absolute atomic E-state index is 0.0398. The number of amides is 1. The first-order valence-corrected chi connectivity index (χ1v) is 13.9. The summed E-state index contributed by atoms with van der Waals surface area (Å²) >= 11 is 0. The molecule has 0 atom stereocenters. The third kappa shape index (κ3) is 5.89. The fourth-order valence-corrected chi connectivity index (χ4v) is 5.12. The number of hydrogen-bond donors (Lipinski definition) is 0. The molecule has 0 unspecified atom stereocenters. The van der Waals surface area contributed by atoms with Crippen LogP contribution in [0.25, 0.3) is 21.9 Å². The van der Waals surface area contributed by atoms with Crippen molar-refractivity contribution in [2.24, 2.45) is 0 Å². The third-order valence-electron chi connectivity index (χ3n) is 8.01. The van der Waals surface area contributed by atoms with E-state index >= 15 is 0 Å². The van der Waals surface area contributed by atoms with E-state index < -0.39 is 17.6 Å². The zero-order valence-corrected chi connectivity index (χ0v) is 24.2. The van der Waals surface area contributed by atoms with Gasteiger partial charge in [-0.05, 0) is 78.4 Å². The van der Waals surface area contributed by atoms with Crippen molar-refractivity contribution >= 4 is 22.5 Å². The van der Waals surface area contributed by atoms with Gasteiger partial charge in [-0.1, -0.05) is 84.9 Å². The molecule has 1 heterocycles. The number of fused-ring (bicyclic) bond motifs is 1. The molecule has 1 aromatic heterocycles. The SMILES string of the molecule is CC(=O)C(C)(C)c1cccc(-c2ccc(CN(Cc3ccc(C(F)F)o3)C(=O)c3c(C)ccc4ccccc34)cc2)c1. The second-order valence-electron chi connectivity index (χ2n) is 11.2. The lowest BCUT2D eigenvalue weighted by Crippen LogP contribution is -2.30. The van der Waals surface area contributed by atoms with Crippen LogP contribution in [-0.4, -0.2) is 16.6 Å². The largest absolute Gasteiger partial charge is 0.458 e. The Balaban J connectivity index is 1.47. The van der Waals surface area contributed by atoms with Gasteiger partial charge < -0.3 is 9.32 Å². The number of carbonyl (C=O) groups excluding carboxylic acids is 2. The highest BCUT2D eigenvalue weighted by Gasteiger charge is 2.26. The molecule has 5 aromatic rings. The van der Waals surface area contributed by atoms with E-state index in [1.165, 1.54) is 12.1 Å². The van der Waals surface area contributed by atoms with Gasteiger partial charge in [-0.25, -0.2) is 8.78 Å². The average molecular weight is 566 g/mol. The minimum Gasteiger partial charge on any atom is -0.458 e. The molecule has 0 N–H and O–H groups in total. The summed E-state index contributed by atoms with van der Waals surface area (Å²) in [5.74, 6) is -0.239. The van der Waals surface area contributed by atoms with Gasteiger partial charge in [0.05, 0.1) is 12.1 Å². The molecule has 0 fully saturated rings. The summed E-state index contributed by atoms with van der Waals surface area (Å²) in [4.78, 5) is 27.9. The smallest absolute Gasteiger partial charge is 0.295 e. The highest BCUT2D eigenvalue weighted by atomic mass is 19.3. The van der Waals surface area contributed by atoms with Crippen molar-refractivity contribution in [3.05, 3.63) is 131 Å². The Labute approximate surface area is 244 Å². The van der Waals surface area contributed by atoms with Gasteiger partial charge in [0.25, 0.3) is 12.3 Å². The van der Waals surface area contributed by atoms with Crippen LogP contribution in [0.3, 0.4) is 0 Å². The van der Waals surface area contributed by atoms with Crippen LogP contribution in [0.15, 0.2) is 101 Å². The second-order valence-corrected chi connectivity index (χ2v) is 11.2. The topological polar surface area (TPSA) is 50.5 Å². The summed E-state index contributed by atoms with van der Waals surface area (Å²) in [5.41, 5.74) is 4.62. The number of benzene rings is 4. The first kappa shape index (κ1) is 28.9. The highest BCUT2D eigenvalue weighted by Crippen LogP contribution is 2.30. The molecule has 0 saturated carbocycles. The van der Waals surface area contributed by atoms with Crippen LogP contribution in [0, 0.1) is 6.92 Å². The van der Waals surface area contributed by atoms with Crippen molar-refractivity contribution in [2.75, 3.05) is 0 Å². The fourth-order valence-electron chi connectivity index (χ4n) is 5.12. The van der Waals surface area contributed by atoms with Gasteiger partial charge in [-0.2, -0.15) is 0 Å². The molecule has 214 valence electrons. The van der Waals surface area contributed by atoms with E-state index in [0.717, 1.165) is 38.6 Å². The monoisotopic (exact) mass is 565 g/mol. The molecule has 0 bridgehead atoms. The summed E-state index contributed by atoms with van der Waals surface area (Å²) in [6.07, 6.45) is -2.73. The van der Waals surface area contributed by atoms with E-state index in [4.69, 9.17) is 4.42 Å². The Kier molecular flexibility index (Phi) is 8.08. The Hall–Kier alpha value is -4.58. The molecule has 42 heavy (non-hydrogen) atoms. The Bertz CT molecular complexity index is 1750. The van der Waals surface area contributed by atoms with E-state index in [0.29, 0.717) is 5.56 Å². The number of carbonyl (C=O) groups is 2. The lowest BCUT2D eigenvalue weighted by atomic mass is 9.80. The van der Waals surface area contributed by atoms with Gasteiger partial charge in [-0.3, -0.25) is 9.59 Å². The molecule has 5 rings (SSSR count). The van der Waals surface area contributed by atoms with Gasteiger partial charge in [0.1, 0.15) is 11.5 Å². The highest BCUT2D eigenvalue weighted by molar-refractivity contribution is 6.08. The molecule has 1 amide bonds. The molecule has 0 spiro atoms. The second kappa shape index (κ2) is 11.7. The van der Waals surface area contributed by atoms with Gasteiger partial charge in [0, 0.05) is 12.0 Å².